The fraction of sp³-hybridized carbons (Fsp3) is 0.846. The first-order chi connectivity index (χ1) is 9.50. The van der Waals surface area contributed by atoms with Crippen LogP contribution in [0.3, 0.4) is 0 Å². The van der Waals surface area contributed by atoms with Gasteiger partial charge in [-0.25, -0.2) is 9.59 Å². The fourth-order valence-corrected chi connectivity index (χ4v) is 1.51. The summed E-state index contributed by atoms with van der Waals surface area (Å²) in [5.74, 6) is -0.572. The molecule has 8 heteroatoms. The lowest BCUT2D eigenvalue weighted by atomic mass is 9.96. The predicted octanol–water partition coefficient (Wildman–Crippen LogP) is 2.92. The fourth-order valence-electron chi connectivity index (χ4n) is 1.51. The smallest absolute Gasteiger partial charge is 0.408 e. The quantitative estimate of drug-likeness (QED) is 0.351. The molecule has 0 unspecified atom stereocenters. The van der Waals surface area contributed by atoms with E-state index in [1.54, 1.807) is 34.6 Å². The first kappa shape index (κ1) is 19.1. The monoisotopic (exact) mass is 300 g/mol. The molecule has 0 saturated heterocycles. The van der Waals surface area contributed by atoms with E-state index in [0.29, 0.717) is 6.42 Å². The minimum Gasteiger partial charge on any atom is -0.467 e. The molecule has 1 amide bonds. The van der Waals surface area contributed by atoms with Crippen LogP contribution in [0.4, 0.5) is 4.79 Å². The number of methoxy groups -OCH3 is 1. The number of alkyl carbamates (subject to hydrolysis) is 1. The van der Waals surface area contributed by atoms with Crippen molar-refractivity contribution in [3.05, 3.63) is 10.4 Å². The molecule has 1 N–H and O–H groups in total. The van der Waals surface area contributed by atoms with Crippen LogP contribution < -0.4 is 5.32 Å². The van der Waals surface area contributed by atoms with Crippen molar-refractivity contribution in [1.29, 1.82) is 0 Å². The number of hydrogen-bond acceptors (Lipinski definition) is 5. The SMILES string of the molecule is COC(=O)[C@@H](CCC(C)(C)N=[N+]=[N-])NC(=O)OC(C)(C)C. The van der Waals surface area contributed by atoms with Crippen molar-refractivity contribution >= 4 is 12.1 Å². The minimum absolute atomic E-state index is 0.276. The van der Waals surface area contributed by atoms with E-state index in [9.17, 15) is 9.59 Å². The molecule has 0 aliphatic rings. The molecule has 0 aliphatic heterocycles. The Balaban J connectivity index is 4.72. The summed E-state index contributed by atoms with van der Waals surface area (Å²) in [6.07, 6.45) is -0.00984. The van der Waals surface area contributed by atoms with Gasteiger partial charge in [0.2, 0.25) is 0 Å². The van der Waals surface area contributed by atoms with E-state index in [2.05, 4.69) is 20.1 Å². The molecule has 0 fully saturated rings. The second-order valence-electron chi connectivity index (χ2n) is 6.26. The average Bonchev–Trinajstić information content (AvgIpc) is 2.31. The number of rotatable bonds is 6. The van der Waals surface area contributed by atoms with Crippen LogP contribution in [0.1, 0.15) is 47.5 Å². The van der Waals surface area contributed by atoms with Crippen molar-refractivity contribution < 1.29 is 19.1 Å². The van der Waals surface area contributed by atoms with Gasteiger partial charge in [0.15, 0.2) is 0 Å². The molecule has 0 saturated carbocycles. The molecule has 0 aromatic rings. The number of amides is 1. The zero-order valence-electron chi connectivity index (χ0n) is 13.5. The van der Waals surface area contributed by atoms with E-state index in [4.69, 9.17) is 10.3 Å². The Morgan fingerprint density at radius 3 is 2.29 bits per heavy atom. The highest BCUT2D eigenvalue weighted by Gasteiger charge is 2.27. The maximum atomic E-state index is 11.7. The van der Waals surface area contributed by atoms with Gasteiger partial charge in [0, 0.05) is 10.5 Å². The number of carbonyl (C=O) groups excluding carboxylic acids is 2. The first-order valence-corrected chi connectivity index (χ1v) is 6.64. The van der Waals surface area contributed by atoms with Crippen LogP contribution in [0, 0.1) is 0 Å². The zero-order valence-corrected chi connectivity index (χ0v) is 13.5. The van der Waals surface area contributed by atoms with Crippen LogP contribution in [0.25, 0.3) is 10.4 Å². The minimum atomic E-state index is -0.849. The molecule has 0 aromatic carbocycles. The third-order valence-electron chi connectivity index (χ3n) is 2.54. The summed E-state index contributed by atoms with van der Waals surface area (Å²) in [4.78, 5) is 26.2. The largest absolute Gasteiger partial charge is 0.467 e. The van der Waals surface area contributed by atoms with Crippen molar-refractivity contribution in [2.24, 2.45) is 5.11 Å². The Bertz CT molecular complexity index is 422. The summed E-state index contributed by atoms with van der Waals surface area (Å²) < 4.78 is 9.76. The lowest BCUT2D eigenvalue weighted by Gasteiger charge is -2.24. The Kier molecular flexibility index (Phi) is 7.01. The number of carbonyl (C=O) groups is 2. The highest BCUT2D eigenvalue weighted by molar-refractivity contribution is 5.81. The summed E-state index contributed by atoms with van der Waals surface area (Å²) >= 11 is 0. The molecular weight excluding hydrogens is 276 g/mol. The van der Waals surface area contributed by atoms with Crippen LogP contribution in [0.2, 0.25) is 0 Å². The third-order valence-corrected chi connectivity index (χ3v) is 2.54. The molecule has 0 radical (unpaired) electrons. The van der Waals surface area contributed by atoms with Gasteiger partial charge in [0.05, 0.1) is 7.11 Å². The van der Waals surface area contributed by atoms with Crippen LogP contribution in [-0.2, 0) is 14.3 Å². The van der Waals surface area contributed by atoms with Gasteiger partial charge in [-0.05, 0) is 39.1 Å². The number of hydrogen-bond donors (Lipinski definition) is 1. The molecule has 0 aliphatic carbocycles. The van der Waals surface area contributed by atoms with E-state index in [0.717, 1.165) is 0 Å². The van der Waals surface area contributed by atoms with Gasteiger partial charge in [-0.3, -0.25) is 0 Å². The highest BCUT2D eigenvalue weighted by atomic mass is 16.6. The van der Waals surface area contributed by atoms with Crippen molar-refractivity contribution in [2.75, 3.05) is 7.11 Å². The van der Waals surface area contributed by atoms with Gasteiger partial charge in [0.25, 0.3) is 0 Å². The standard InChI is InChI=1S/C13H24N4O4/c1-12(2,3)21-11(19)15-9(10(18)20-6)7-8-13(4,5)16-17-14/h9H,7-8H2,1-6H3,(H,15,19)/t9-/m1/s1. The van der Waals surface area contributed by atoms with Crippen LogP contribution >= 0.6 is 0 Å². The van der Waals surface area contributed by atoms with E-state index < -0.39 is 29.2 Å². The Labute approximate surface area is 124 Å². The number of nitrogens with one attached hydrogen (secondary N) is 1. The summed E-state index contributed by atoms with van der Waals surface area (Å²) in [5, 5.41) is 6.11. The van der Waals surface area contributed by atoms with Crippen molar-refractivity contribution in [2.45, 2.75) is 64.6 Å². The average molecular weight is 300 g/mol. The van der Waals surface area contributed by atoms with Gasteiger partial charge in [0.1, 0.15) is 11.6 Å². The van der Waals surface area contributed by atoms with Gasteiger partial charge in [-0.1, -0.05) is 19.0 Å². The molecule has 0 bridgehead atoms. The van der Waals surface area contributed by atoms with Crippen molar-refractivity contribution in [3.63, 3.8) is 0 Å². The van der Waals surface area contributed by atoms with Crippen LogP contribution in [-0.4, -0.2) is 36.4 Å². The highest BCUT2D eigenvalue weighted by Crippen LogP contribution is 2.19. The third kappa shape index (κ3) is 8.75. The van der Waals surface area contributed by atoms with Gasteiger partial charge >= 0.3 is 12.1 Å². The Morgan fingerprint density at radius 2 is 1.86 bits per heavy atom. The Morgan fingerprint density at radius 1 is 1.29 bits per heavy atom. The second kappa shape index (κ2) is 7.73. The Hall–Kier alpha value is -1.95. The van der Waals surface area contributed by atoms with Crippen LogP contribution in [0.15, 0.2) is 5.11 Å². The summed E-state index contributed by atoms with van der Waals surface area (Å²) in [5.41, 5.74) is 7.16. The summed E-state index contributed by atoms with van der Waals surface area (Å²) in [6, 6.07) is -0.849. The maximum absolute atomic E-state index is 11.7. The summed E-state index contributed by atoms with van der Waals surface area (Å²) in [6.45, 7) is 8.67. The normalized spacial score (nSPS) is 12.9. The molecule has 0 spiro atoms. The lowest BCUT2D eigenvalue weighted by Crippen LogP contribution is -2.44. The van der Waals surface area contributed by atoms with Crippen molar-refractivity contribution in [1.82, 2.24) is 5.32 Å². The molecule has 0 heterocycles. The number of ether oxygens (including phenoxy) is 2. The first-order valence-electron chi connectivity index (χ1n) is 6.64. The van der Waals surface area contributed by atoms with E-state index in [1.165, 1.54) is 7.11 Å². The molecule has 0 aromatic heterocycles. The van der Waals surface area contributed by atoms with E-state index in [1.807, 2.05) is 0 Å². The molecule has 21 heavy (non-hydrogen) atoms. The van der Waals surface area contributed by atoms with E-state index in [-0.39, 0.29) is 6.42 Å². The predicted molar refractivity (Wildman–Crippen MR) is 77.6 cm³/mol. The maximum Gasteiger partial charge on any atom is 0.408 e. The van der Waals surface area contributed by atoms with E-state index >= 15 is 0 Å². The lowest BCUT2D eigenvalue weighted by molar-refractivity contribution is -0.143. The molecular formula is C13H24N4O4. The second-order valence-corrected chi connectivity index (χ2v) is 6.26. The van der Waals surface area contributed by atoms with Crippen molar-refractivity contribution in [3.8, 4) is 0 Å². The van der Waals surface area contributed by atoms with Gasteiger partial charge in [-0.15, -0.1) is 0 Å². The molecule has 8 nitrogen and oxygen atoms in total. The van der Waals surface area contributed by atoms with Gasteiger partial charge in [-0.2, -0.15) is 0 Å². The topological polar surface area (TPSA) is 113 Å². The number of nitrogens with zero attached hydrogens (tertiary/aromatic N) is 3. The summed E-state index contributed by atoms with van der Waals surface area (Å²) in [7, 11) is 1.24. The zero-order chi connectivity index (χ0) is 16.7. The number of azide groups is 1. The van der Waals surface area contributed by atoms with Crippen LogP contribution in [0.5, 0.6) is 0 Å². The number of esters is 1. The molecule has 120 valence electrons. The van der Waals surface area contributed by atoms with Gasteiger partial charge < -0.3 is 14.8 Å². The molecule has 1 atom stereocenters. The molecule has 0 rings (SSSR count).